The van der Waals surface area contributed by atoms with Crippen LogP contribution in [0.2, 0.25) is 0 Å². The highest BCUT2D eigenvalue weighted by Gasteiger charge is 2.14. The fourth-order valence-electron chi connectivity index (χ4n) is 1.83. The standard InChI is InChI=1S/C16H17N3O4S/c1-23-15-10-6-5-7-13(15)11-17-19-16(20)12-18-24(21,22)14-8-3-2-4-9-14/h2-11,18H,12H2,1H3,(H,19,20)/b17-11-. The fraction of sp³-hybridized carbons (Fsp3) is 0.125. The summed E-state index contributed by atoms with van der Waals surface area (Å²) >= 11 is 0. The van der Waals surface area contributed by atoms with Crippen molar-refractivity contribution >= 4 is 22.1 Å². The van der Waals surface area contributed by atoms with E-state index in [9.17, 15) is 13.2 Å². The maximum atomic E-state index is 12.0. The van der Waals surface area contributed by atoms with Crippen molar-refractivity contribution in [3.63, 3.8) is 0 Å². The van der Waals surface area contributed by atoms with Crippen molar-refractivity contribution in [2.75, 3.05) is 13.7 Å². The molecule has 0 saturated heterocycles. The van der Waals surface area contributed by atoms with Gasteiger partial charge < -0.3 is 4.74 Å². The van der Waals surface area contributed by atoms with Crippen LogP contribution in [0.3, 0.4) is 0 Å². The maximum Gasteiger partial charge on any atom is 0.255 e. The highest BCUT2D eigenvalue weighted by molar-refractivity contribution is 7.89. The lowest BCUT2D eigenvalue weighted by atomic mass is 10.2. The lowest BCUT2D eigenvalue weighted by molar-refractivity contribution is -0.119. The van der Waals surface area contributed by atoms with Gasteiger partial charge in [0.25, 0.3) is 5.91 Å². The van der Waals surface area contributed by atoms with Crippen LogP contribution in [-0.2, 0) is 14.8 Å². The predicted molar refractivity (Wildman–Crippen MR) is 90.4 cm³/mol. The lowest BCUT2D eigenvalue weighted by Gasteiger charge is -2.06. The molecule has 2 rings (SSSR count). The molecule has 1 amide bonds. The molecule has 0 radical (unpaired) electrons. The zero-order valence-corrected chi connectivity index (χ0v) is 13.8. The minimum absolute atomic E-state index is 0.0929. The quantitative estimate of drug-likeness (QED) is 0.579. The molecule has 0 aliphatic carbocycles. The summed E-state index contributed by atoms with van der Waals surface area (Å²) in [5.74, 6) is 0.0286. The van der Waals surface area contributed by atoms with E-state index in [-0.39, 0.29) is 4.90 Å². The van der Waals surface area contributed by atoms with Gasteiger partial charge in [-0.15, -0.1) is 0 Å². The molecule has 2 N–H and O–H groups in total. The Balaban J connectivity index is 1.89. The van der Waals surface area contributed by atoms with Crippen molar-refractivity contribution in [1.82, 2.24) is 10.1 Å². The van der Waals surface area contributed by atoms with Gasteiger partial charge in [0.05, 0.1) is 24.8 Å². The van der Waals surface area contributed by atoms with Crippen molar-refractivity contribution in [1.29, 1.82) is 0 Å². The molecule has 0 aliphatic heterocycles. The molecular weight excluding hydrogens is 330 g/mol. The SMILES string of the molecule is COc1ccccc1/C=N\NC(=O)CNS(=O)(=O)c1ccccc1. The van der Waals surface area contributed by atoms with E-state index in [0.717, 1.165) is 0 Å². The number of benzene rings is 2. The third kappa shape index (κ3) is 4.90. The second-order valence-electron chi connectivity index (χ2n) is 4.67. The fourth-order valence-corrected chi connectivity index (χ4v) is 2.83. The molecule has 0 bridgehead atoms. The summed E-state index contributed by atoms with van der Waals surface area (Å²) in [6, 6.07) is 15.0. The number of methoxy groups -OCH3 is 1. The Kier molecular flexibility index (Phi) is 6.05. The molecule has 0 heterocycles. The molecule has 126 valence electrons. The molecule has 0 atom stereocenters. The van der Waals surface area contributed by atoms with Crippen molar-refractivity contribution in [2.45, 2.75) is 4.90 Å². The number of ether oxygens (including phenoxy) is 1. The minimum atomic E-state index is -3.73. The summed E-state index contributed by atoms with van der Waals surface area (Å²) in [6.07, 6.45) is 1.42. The van der Waals surface area contributed by atoms with E-state index in [1.54, 1.807) is 36.4 Å². The van der Waals surface area contributed by atoms with Crippen molar-refractivity contribution in [3.05, 3.63) is 60.2 Å². The number of rotatable bonds is 7. The van der Waals surface area contributed by atoms with Crippen LogP contribution in [-0.4, -0.2) is 34.2 Å². The zero-order valence-electron chi connectivity index (χ0n) is 13.0. The van der Waals surface area contributed by atoms with Gasteiger partial charge in [-0.25, -0.2) is 18.6 Å². The molecule has 0 spiro atoms. The van der Waals surface area contributed by atoms with E-state index in [1.807, 2.05) is 6.07 Å². The second-order valence-corrected chi connectivity index (χ2v) is 6.44. The number of amides is 1. The van der Waals surface area contributed by atoms with Crippen molar-refractivity contribution in [2.24, 2.45) is 5.10 Å². The Morgan fingerprint density at radius 2 is 1.79 bits per heavy atom. The average Bonchev–Trinajstić information content (AvgIpc) is 2.61. The third-order valence-corrected chi connectivity index (χ3v) is 4.43. The number of nitrogens with one attached hydrogen (secondary N) is 2. The van der Waals surface area contributed by atoms with Gasteiger partial charge in [-0.05, 0) is 24.3 Å². The smallest absolute Gasteiger partial charge is 0.255 e. The number of carbonyl (C=O) groups is 1. The maximum absolute atomic E-state index is 12.0. The van der Waals surface area contributed by atoms with Gasteiger partial charge >= 0.3 is 0 Å². The molecule has 7 nitrogen and oxygen atoms in total. The number of sulfonamides is 1. The van der Waals surface area contributed by atoms with Crippen LogP contribution in [0, 0.1) is 0 Å². The molecule has 2 aromatic carbocycles. The van der Waals surface area contributed by atoms with Gasteiger partial charge in [0.2, 0.25) is 10.0 Å². The van der Waals surface area contributed by atoms with Crippen molar-refractivity contribution < 1.29 is 17.9 Å². The molecule has 24 heavy (non-hydrogen) atoms. The molecule has 8 heteroatoms. The van der Waals surface area contributed by atoms with E-state index in [0.29, 0.717) is 11.3 Å². The van der Waals surface area contributed by atoms with Gasteiger partial charge in [-0.1, -0.05) is 30.3 Å². The van der Waals surface area contributed by atoms with Crippen LogP contribution in [0.1, 0.15) is 5.56 Å². The molecule has 0 saturated carbocycles. The number of nitrogens with zero attached hydrogens (tertiary/aromatic N) is 1. The van der Waals surface area contributed by atoms with Gasteiger partial charge in [0, 0.05) is 5.56 Å². The molecule has 2 aromatic rings. The predicted octanol–water partition coefficient (Wildman–Crippen LogP) is 1.12. The minimum Gasteiger partial charge on any atom is -0.496 e. The van der Waals surface area contributed by atoms with E-state index >= 15 is 0 Å². The van der Waals surface area contributed by atoms with Gasteiger partial charge in [0.1, 0.15) is 5.75 Å². The van der Waals surface area contributed by atoms with E-state index in [4.69, 9.17) is 4.74 Å². The Morgan fingerprint density at radius 3 is 2.50 bits per heavy atom. The molecule has 0 aromatic heterocycles. The molecular formula is C16H17N3O4S. The van der Waals surface area contributed by atoms with Gasteiger partial charge in [-0.3, -0.25) is 4.79 Å². The molecule has 0 aliphatic rings. The van der Waals surface area contributed by atoms with Crippen molar-refractivity contribution in [3.8, 4) is 5.75 Å². The summed E-state index contributed by atoms with van der Waals surface area (Å²) in [4.78, 5) is 11.8. The van der Waals surface area contributed by atoms with E-state index in [1.165, 1.54) is 25.5 Å². The Labute approximate surface area is 140 Å². The number of hydrogen-bond acceptors (Lipinski definition) is 5. The largest absolute Gasteiger partial charge is 0.496 e. The van der Waals surface area contributed by atoms with Gasteiger partial charge in [-0.2, -0.15) is 5.10 Å². The van der Waals surface area contributed by atoms with Crippen LogP contribution >= 0.6 is 0 Å². The lowest BCUT2D eigenvalue weighted by Crippen LogP contribution is -2.34. The first kappa shape index (κ1) is 17.6. The van der Waals surface area contributed by atoms with Crippen LogP contribution in [0.4, 0.5) is 0 Å². The highest BCUT2D eigenvalue weighted by atomic mass is 32.2. The summed E-state index contributed by atoms with van der Waals surface area (Å²) in [7, 11) is -2.19. The summed E-state index contributed by atoms with van der Waals surface area (Å²) in [5, 5.41) is 3.78. The number of hydrazone groups is 1. The van der Waals surface area contributed by atoms with E-state index in [2.05, 4.69) is 15.2 Å². The summed E-state index contributed by atoms with van der Waals surface area (Å²) < 4.78 is 31.3. The van der Waals surface area contributed by atoms with Crippen LogP contribution in [0.15, 0.2) is 64.6 Å². The van der Waals surface area contributed by atoms with E-state index < -0.39 is 22.5 Å². The Bertz CT molecular complexity index is 820. The average molecular weight is 347 g/mol. The first-order chi connectivity index (χ1) is 11.5. The first-order valence-corrected chi connectivity index (χ1v) is 8.51. The molecule has 0 fully saturated rings. The van der Waals surface area contributed by atoms with Gasteiger partial charge in [0.15, 0.2) is 0 Å². The summed E-state index contributed by atoms with van der Waals surface area (Å²) in [5.41, 5.74) is 2.94. The summed E-state index contributed by atoms with van der Waals surface area (Å²) in [6.45, 7) is -0.416. The first-order valence-electron chi connectivity index (χ1n) is 7.02. The molecule has 0 unspecified atom stereocenters. The number of carbonyl (C=O) groups excluding carboxylic acids is 1. The normalized spacial score (nSPS) is 11.4. The van der Waals surface area contributed by atoms with Crippen LogP contribution in [0.25, 0.3) is 0 Å². The Hall–Kier alpha value is -2.71. The zero-order chi connectivity index (χ0) is 17.4. The van der Waals surface area contributed by atoms with Crippen LogP contribution in [0.5, 0.6) is 5.75 Å². The monoisotopic (exact) mass is 347 g/mol. The topological polar surface area (TPSA) is 96.9 Å². The third-order valence-electron chi connectivity index (χ3n) is 3.01. The highest BCUT2D eigenvalue weighted by Crippen LogP contribution is 2.14. The number of para-hydroxylation sites is 1. The number of hydrogen-bond donors (Lipinski definition) is 2. The second kappa shape index (κ2) is 8.23. The van der Waals surface area contributed by atoms with Crippen LogP contribution < -0.4 is 14.9 Å². The Morgan fingerprint density at radius 1 is 1.12 bits per heavy atom.